The summed E-state index contributed by atoms with van der Waals surface area (Å²) in [4.78, 5) is 14.8. The van der Waals surface area contributed by atoms with Crippen LogP contribution in [-0.2, 0) is 11.3 Å². The Hall–Kier alpha value is -2.79. The van der Waals surface area contributed by atoms with Gasteiger partial charge in [0.15, 0.2) is 11.5 Å². The molecule has 0 unspecified atom stereocenters. The van der Waals surface area contributed by atoms with Gasteiger partial charge in [-0.05, 0) is 55.5 Å². The maximum Gasteiger partial charge on any atom is 0.244 e. The van der Waals surface area contributed by atoms with Crippen LogP contribution in [0.1, 0.15) is 42.9 Å². The number of methoxy groups -OCH3 is 1. The van der Waals surface area contributed by atoms with Gasteiger partial charge in [-0.1, -0.05) is 42.8 Å². The Bertz CT molecular complexity index is 886. The standard InChI is InChI=1S/C26H34N2O3/c1-4-16-31-24-10-8-21(18-25(24)30-3)9-11-26(29)27-23-12-14-28(15-13-23)19-22-7-5-6-20(2)17-22/h5-11,17-18,23H,4,12-16,19H2,1-3H3,(H,27,29). The molecule has 5 heteroatoms. The minimum Gasteiger partial charge on any atom is -0.493 e. The predicted molar refractivity (Wildman–Crippen MR) is 125 cm³/mol. The van der Waals surface area contributed by atoms with Crippen molar-refractivity contribution in [3.63, 3.8) is 0 Å². The Morgan fingerprint density at radius 3 is 2.68 bits per heavy atom. The van der Waals surface area contributed by atoms with Crippen LogP contribution in [0.15, 0.2) is 48.5 Å². The summed E-state index contributed by atoms with van der Waals surface area (Å²) in [6, 6.07) is 14.6. The first-order valence-corrected chi connectivity index (χ1v) is 11.1. The van der Waals surface area contributed by atoms with Crippen LogP contribution in [0, 0.1) is 6.92 Å². The van der Waals surface area contributed by atoms with E-state index in [1.54, 1.807) is 13.2 Å². The molecule has 0 spiro atoms. The molecule has 1 N–H and O–H groups in total. The third kappa shape index (κ3) is 7.14. The summed E-state index contributed by atoms with van der Waals surface area (Å²) < 4.78 is 11.1. The van der Waals surface area contributed by atoms with Crippen LogP contribution in [0.4, 0.5) is 0 Å². The van der Waals surface area contributed by atoms with Crippen LogP contribution in [-0.4, -0.2) is 43.7 Å². The van der Waals surface area contributed by atoms with Gasteiger partial charge in [0.1, 0.15) is 0 Å². The summed E-state index contributed by atoms with van der Waals surface area (Å²) in [5.41, 5.74) is 3.56. The van der Waals surface area contributed by atoms with E-state index in [1.807, 2.05) is 24.3 Å². The average molecular weight is 423 g/mol. The highest BCUT2D eigenvalue weighted by Crippen LogP contribution is 2.28. The van der Waals surface area contributed by atoms with Crippen LogP contribution in [0.5, 0.6) is 11.5 Å². The fourth-order valence-electron chi connectivity index (χ4n) is 3.84. The van der Waals surface area contributed by atoms with E-state index < -0.39 is 0 Å². The van der Waals surface area contributed by atoms with Gasteiger partial charge in [0.25, 0.3) is 0 Å². The Kier molecular flexibility index (Phi) is 8.53. The van der Waals surface area contributed by atoms with Crippen LogP contribution in [0.2, 0.25) is 0 Å². The highest BCUT2D eigenvalue weighted by molar-refractivity contribution is 5.92. The van der Waals surface area contributed by atoms with Crippen molar-refractivity contribution in [3.8, 4) is 11.5 Å². The molecule has 0 radical (unpaired) electrons. The number of nitrogens with one attached hydrogen (secondary N) is 1. The summed E-state index contributed by atoms with van der Waals surface area (Å²) in [5.74, 6) is 1.35. The predicted octanol–water partition coefficient (Wildman–Crippen LogP) is 4.59. The molecule has 0 aromatic heterocycles. The average Bonchev–Trinajstić information content (AvgIpc) is 2.78. The number of aryl methyl sites for hydroxylation is 1. The fourth-order valence-corrected chi connectivity index (χ4v) is 3.84. The monoisotopic (exact) mass is 422 g/mol. The topological polar surface area (TPSA) is 50.8 Å². The zero-order chi connectivity index (χ0) is 22.1. The third-order valence-electron chi connectivity index (χ3n) is 5.50. The van der Waals surface area contributed by atoms with Gasteiger partial charge in [0, 0.05) is 31.8 Å². The number of hydrogen-bond donors (Lipinski definition) is 1. The van der Waals surface area contributed by atoms with Gasteiger partial charge in [-0.3, -0.25) is 9.69 Å². The smallest absolute Gasteiger partial charge is 0.244 e. The number of amides is 1. The molecule has 1 heterocycles. The lowest BCUT2D eigenvalue weighted by molar-refractivity contribution is -0.117. The summed E-state index contributed by atoms with van der Waals surface area (Å²) in [6.45, 7) is 7.82. The second-order valence-electron chi connectivity index (χ2n) is 8.14. The highest BCUT2D eigenvalue weighted by atomic mass is 16.5. The maximum absolute atomic E-state index is 12.4. The molecule has 5 nitrogen and oxygen atoms in total. The van der Waals surface area contributed by atoms with Crippen LogP contribution in [0.3, 0.4) is 0 Å². The molecule has 3 rings (SSSR count). The zero-order valence-corrected chi connectivity index (χ0v) is 18.9. The molecule has 0 bridgehead atoms. The molecule has 2 aromatic carbocycles. The first-order chi connectivity index (χ1) is 15.1. The van der Waals surface area contributed by atoms with Crippen molar-refractivity contribution in [1.29, 1.82) is 0 Å². The van der Waals surface area contributed by atoms with Crippen molar-refractivity contribution in [2.24, 2.45) is 0 Å². The minimum absolute atomic E-state index is 0.0533. The van der Waals surface area contributed by atoms with Crippen molar-refractivity contribution in [2.45, 2.75) is 45.7 Å². The molecule has 166 valence electrons. The second kappa shape index (κ2) is 11.6. The van der Waals surface area contributed by atoms with Gasteiger partial charge in [0.05, 0.1) is 13.7 Å². The fraction of sp³-hybridized carbons (Fsp3) is 0.423. The number of likely N-dealkylation sites (tertiary alicyclic amines) is 1. The Balaban J connectivity index is 1.46. The van der Waals surface area contributed by atoms with E-state index in [0.717, 1.165) is 50.2 Å². The van der Waals surface area contributed by atoms with Crippen molar-refractivity contribution < 1.29 is 14.3 Å². The van der Waals surface area contributed by atoms with Gasteiger partial charge >= 0.3 is 0 Å². The summed E-state index contributed by atoms with van der Waals surface area (Å²) in [6.07, 6.45) is 6.30. The lowest BCUT2D eigenvalue weighted by Crippen LogP contribution is -2.43. The van der Waals surface area contributed by atoms with Crippen LogP contribution in [0.25, 0.3) is 6.08 Å². The molecule has 1 fully saturated rings. The van der Waals surface area contributed by atoms with Gasteiger partial charge in [-0.2, -0.15) is 0 Å². The normalized spacial score (nSPS) is 15.2. The van der Waals surface area contributed by atoms with Gasteiger partial charge in [0.2, 0.25) is 5.91 Å². The summed E-state index contributed by atoms with van der Waals surface area (Å²) in [5, 5.41) is 3.14. The quantitative estimate of drug-likeness (QED) is 0.601. The van der Waals surface area contributed by atoms with Crippen molar-refractivity contribution >= 4 is 12.0 Å². The maximum atomic E-state index is 12.4. The molecule has 0 aliphatic carbocycles. The van der Waals surface area contributed by atoms with Crippen molar-refractivity contribution in [1.82, 2.24) is 10.2 Å². The molecule has 1 amide bonds. The molecule has 0 atom stereocenters. The molecule has 31 heavy (non-hydrogen) atoms. The van der Waals surface area contributed by atoms with Crippen LogP contribution >= 0.6 is 0 Å². The first kappa shape index (κ1) is 22.9. The Labute approximate surface area is 186 Å². The minimum atomic E-state index is -0.0533. The highest BCUT2D eigenvalue weighted by Gasteiger charge is 2.20. The number of hydrogen-bond acceptors (Lipinski definition) is 4. The Morgan fingerprint density at radius 1 is 1.16 bits per heavy atom. The van der Waals surface area contributed by atoms with E-state index in [4.69, 9.17) is 9.47 Å². The van der Waals surface area contributed by atoms with E-state index in [1.165, 1.54) is 11.1 Å². The number of benzene rings is 2. The van der Waals surface area contributed by atoms with E-state index in [2.05, 4.69) is 48.3 Å². The van der Waals surface area contributed by atoms with Crippen molar-refractivity contribution in [3.05, 3.63) is 65.2 Å². The Morgan fingerprint density at radius 2 is 1.97 bits per heavy atom. The molecule has 1 saturated heterocycles. The number of carbonyl (C=O) groups excluding carboxylic acids is 1. The molecule has 0 saturated carbocycles. The second-order valence-corrected chi connectivity index (χ2v) is 8.14. The SMILES string of the molecule is CCCOc1ccc(C=CC(=O)NC2CCN(Cc3cccc(C)c3)CC2)cc1OC. The molecule has 1 aliphatic rings. The molecule has 2 aromatic rings. The number of ether oxygens (including phenoxy) is 2. The molecular weight excluding hydrogens is 388 g/mol. The van der Waals surface area contributed by atoms with E-state index in [0.29, 0.717) is 12.4 Å². The van der Waals surface area contributed by atoms with Crippen LogP contribution < -0.4 is 14.8 Å². The van der Waals surface area contributed by atoms with Gasteiger partial charge in [-0.15, -0.1) is 0 Å². The summed E-state index contributed by atoms with van der Waals surface area (Å²) in [7, 11) is 1.62. The van der Waals surface area contributed by atoms with E-state index >= 15 is 0 Å². The number of piperidine rings is 1. The molecule has 1 aliphatic heterocycles. The number of carbonyl (C=O) groups is 1. The van der Waals surface area contributed by atoms with E-state index in [-0.39, 0.29) is 11.9 Å². The summed E-state index contributed by atoms with van der Waals surface area (Å²) >= 11 is 0. The zero-order valence-electron chi connectivity index (χ0n) is 18.9. The molecular formula is C26H34N2O3. The number of nitrogens with zero attached hydrogens (tertiary/aromatic N) is 1. The lowest BCUT2D eigenvalue weighted by Gasteiger charge is -2.32. The van der Waals surface area contributed by atoms with Gasteiger partial charge < -0.3 is 14.8 Å². The number of rotatable bonds is 9. The lowest BCUT2D eigenvalue weighted by atomic mass is 10.0. The van der Waals surface area contributed by atoms with Crippen molar-refractivity contribution in [2.75, 3.05) is 26.8 Å². The van der Waals surface area contributed by atoms with E-state index in [9.17, 15) is 4.79 Å². The largest absolute Gasteiger partial charge is 0.493 e. The first-order valence-electron chi connectivity index (χ1n) is 11.1. The van der Waals surface area contributed by atoms with Gasteiger partial charge in [-0.25, -0.2) is 0 Å². The third-order valence-corrected chi connectivity index (χ3v) is 5.50.